The summed E-state index contributed by atoms with van der Waals surface area (Å²) in [7, 11) is 3.57. The molecular formula is C11H18N2O. The van der Waals surface area contributed by atoms with Crippen LogP contribution in [0, 0.1) is 0 Å². The van der Waals surface area contributed by atoms with E-state index >= 15 is 0 Å². The highest BCUT2D eigenvalue weighted by Gasteiger charge is 2.07. The maximum absolute atomic E-state index is 5.77. The van der Waals surface area contributed by atoms with Crippen LogP contribution < -0.4 is 5.73 Å². The van der Waals surface area contributed by atoms with Gasteiger partial charge >= 0.3 is 0 Å². The molecule has 0 bridgehead atoms. The summed E-state index contributed by atoms with van der Waals surface area (Å²) in [4.78, 5) is 5.42. The maximum atomic E-state index is 5.77. The predicted octanol–water partition coefficient (Wildman–Crippen LogP) is 1.97. The fourth-order valence-electron chi connectivity index (χ4n) is 0.854. The first-order chi connectivity index (χ1) is 6.56. The van der Waals surface area contributed by atoms with Crippen molar-refractivity contribution in [3.63, 3.8) is 0 Å². The van der Waals surface area contributed by atoms with Crippen LogP contribution in [0.5, 0.6) is 0 Å². The zero-order valence-corrected chi connectivity index (χ0v) is 9.08. The van der Waals surface area contributed by atoms with Crippen LogP contribution in [0.25, 0.3) is 0 Å². The lowest BCUT2D eigenvalue weighted by atomic mass is 10.2. The third-order valence-electron chi connectivity index (χ3n) is 1.55. The predicted molar refractivity (Wildman–Crippen MR) is 60.1 cm³/mol. The Morgan fingerprint density at radius 3 is 2.07 bits per heavy atom. The minimum atomic E-state index is 0.563. The van der Waals surface area contributed by atoms with Crippen molar-refractivity contribution in [1.82, 2.24) is 5.06 Å². The number of hydrogen-bond acceptors (Lipinski definition) is 3. The molecule has 2 N–H and O–H groups in total. The third-order valence-corrected chi connectivity index (χ3v) is 1.55. The minimum absolute atomic E-state index is 0.563. The van der Waals surface area contributed by atoms with Gasteiger partial charge in [-0.3, -0.25) is 0 Å². The van der Waals surface area contributed by atoms with Crippen LogP contribution >= 0.6 is 0 Å². The van der Waals surface area contributed by atoms with Crippen molar-refractivity contribution >= 4 is 0 Å². The molecule has 0 aliphatic rings. The summed E-state index contributed by atoms with van der Waals surface area (Å²) in [5.74, 6) is 0.572. The first kappa shape index (κ1) is 12.5. The number of nitrogens with two attached hydrogens (primary N) is 1. The van der Waals surface area contributed by atoms with Gasteiger partial charge in [0.2, 0.25) is 0 Å². The SMILES string of the molecule is C=CC(C=C)=C(ON(C)C)/C(N)=C\C. The second-order valence-corrected chi connectivity index (χ2v) is 2.84. The van der Waals surface area contributed by atoms with Gasteiger partial charge in [0, 0.05) is 19.7 Å². The molecule has 0 aromatic rings. The van der Waals surface area contributed by atoms with Gasteiger partial charge in [-0.1, -0.05) is 31.4 Å². The van der Waals surface area contributed by atoms with Crippen molar-refractivity contribution in [2.45, 2.75) is 6.92 Å². The average Bonchev–Trinajstić information content (AvgIpc) is 2.16. The zero-order valence-electron chi connectivity index (χ0n) is 9.08. The summed E-state index contributed by atoms with van der Waals surface area (Å²) >= 11 is 0. The van der Waals surface area contributed by atoms with Crippen LogP contribution in [-0.2, 0) is 4.84 Å². The molecule has 0 spiro atoms. The lowest BCUT2D eigenvalue weighted by molar-refractivity contribution is -0.0703. The molecule has 3 nitrogen and oxygen atoms in total. The summed E-state index contributed by atoms with van der Waals surface area (Å²) in [6.45, 7) is 9.18. The van der Waals surface area contributed by atoms with Crippen molar-refractivity contribution in [1.29, 1.82) is 0 Å². The van der Waals surface area contributed by atoms with E-state index in [2.05, 4.69) is 13.2 Å². The molecule has 0 rings (SSSR count). The zero-order chi connectivity index (χ0) is 11.1. The molecule has 0 atom stereocenters. The lowest BCUT2D eigenvalue weighted by Crippen LogP contribution is -2.17. The lowest BCUT2D eigenvalue weighted by Gasteiger charge is -2.17. The Morgan fingerprint density at radius 1 is 1.29 bits per heavy atom. The van der Waals surface area contributed by atoms with Crippen molar-refractivity contribution in [2.24, 2.45) is 5.73 Å². The van der Waals surface area contributed by atoms with Crippen LogP contribution in [-0.4, -0.2) is 19.2 Å². The summed E-state index contributed by atoms with van der Waals surface area (Å²) in [6, 6.07) is 0. The molecule has 78 valence electrons. The molecule has 0 saturated heterocycles. The quantitative estimate of drug-likeness (QED) is 0.413. The van der Waals surface area contributed by atoms with E-state index in [4.69, 9.17) is 10.6 Å². The van der Waals surface area contributed by atoms with Gasteiger partial charge in [-0.15, -0.1) is 0 Å². The van der Waals surface area contributed by atoms with Crippen LogP contribution in [0.3, 0.4) is 0 Å². The van der Waals surface area contributed by atoms with E-state index in [1.807, 2.05) is 6.92 Å². The Morgan fingerprint density at radius 2 is 1.79 bits per heavy atom. The number of rotatable bonds is 5. The topological polar surface area (TPSA) is 38.5 Å². The molecule has 0 radical (unpaired) electrons. The maximum Gasteiger partial charge on any atom is 0.177 e. The second kappa shape index (κ2) is 6.05. The van der Waals surface area contributed by atoms with Gasteiger partial charge < -0.3 is 10.6 Å². The molecule has 0 amide bonds. The van der Waals surface area contributed by atoms with Crippen molar-refractivity contribution < 1.29 is 4.84 Å². The Balaban J connectivity index is 5.16. The van der Waals surface area contributed by atoms with Gasteiger partial charge in [0.05, 0.1) is 5.70 Å². The molecule has 0 aromatic carbocycles. The van der Waals surface area contributed by atoms with Gasteiger partial charge in [0.15, 0.2) is 5.76 Å². The monoisotopic (exact) mass is 194 g/mol. The Bertz CT molecular complexity index is 265. The minimum Gasteiger partial charge on any atom is -0.404 e. The highest BCUT2D eigenvalue weighted by atomic mass is 16.7. The fraction of sp³-hybridized carbons (Fsp3) is 0.273. The molecule has 0 heterocycles. The van der Waals surface area contributed by atoms with E-state index in [1.165, 1.54) is 0 Å². The first-order valence-electron chi connectivity index (χ1n) is 4.33. The second-order valence-electron chi connectivity index (χ2n) is 2.84. The van der Waals surface area contributed by atoms with E-state index in [0.717, 1.165) is 5.57 Å². The highest BCUT2D eigenvalue weighted by molar-refractivity contribution is 5.39. The summed E-state index contributed by atoms with van der Waals surface area (Å²) in [5, 5.41) is 1.57. The average molecular weight is 194 g/mol. The van der Waals surface area contributed by atoms with Crippen LogP contribution in [0.1, 0.15) is 6.92 Å². The Kier molecular flexibility index (Phi) is 5.41. The molecule has 0 unspecified atom stereocenters. The van der Waals surface area contributed by atoms with E-state index in [0.29, 0.717) is 11.5 Å². The van der Waals surface area contributed by atoms with Crippen molar-refractivity contribution in [3.05, 3.63) is 48.4 Å². The molecule has 14 heavy (non-hydrogen) atoms. The summed E-state index contributed by atoms with van der Waals surface area (Å²) in [6.07, 6.45) is 5.08. The molecule has 3 heteroatoms. The van der Waals surface area contributed by atoms with Gasteiger partial charge in [0.1, 0.15) is 0 Å². The van der Waals surface area contributed by atoms with E-state index in [9.17, 15) is 0 Å². The first-order valence-corrected chi connectivity index (χ1v) is 4.33. The summed E-state index contributed by atoms with van der Waals surface area (Å²) in [5.41, 5.74) is 7.11. The van der Waals surface area contributed by atoms with Gasteiger partial charge in [-0.2, -0.15) is 5.06 Å². The Hall–Kier alpha value is -1.48. The van der Waals surface area contributed by atoms with Crippen molar-refractivity contribution in [3.8, 4) is 0 Å². The molecular weight excluding hydrogens is 176 g/mol. The van der Waals surface area contributed by atoms with Crippen LogP contribution in [0.2, 0.25) is 0 Å². The van der Waals surface area contributed by atoms with Gasteiger partial charge in [-0.25, -0.2) is 0 Å². The molecule has 0 aliphatic heterocycles. The molecule has 0 aromatic heterocycles. The van der Waals surface area contributed by atoms with Crippen LogP contribution in [0.4, 0.5) is 0 Å². The Labute approximate surface area is 85.8 Å². The number of allylic oxidation sites excluding steroid dienone is 4. The number of nitrogens with zero attached hydrogens (tertiary/aromatic N) is 1. The third kappa shape index (κ3) is 3.49. The van der Waals surface area contributed by atoms with E-state index in [-0.39, 0.29) is 0 Å². The highest BCUT2D eigenvalue weighted by Crippen LogP contribution is 2.15. The standard InChI is InChI=1S/C11H18N2O/c1-6-9(7-2)11(10(12)8-3)14-13(4)5/h6-8H,1-2,12H2,3-5H3/b10-8+. The molecule has 0 fully saturated rings. The summed E-state index contributed by atoms with van der Waals surface area (Å²) < 4.78 is 0. The van der Waals surface area contributed by atoms with Crippen molar-refractivity contribution in [2.75, 3.05) is 14.1 Å². The number of hydrogen-bond donors (Lipinski definition) is 1. The van der Waals surface area contributed by atoms with Gasteiger partial charge in [-0.05, 0) is 6.92 Å². The largest absolute Gasteiger partial charge is 0.404 e. The van der Waals surface area contributed by atoms with E-state index < -0.39 is 0 Å². The molecule has 0 aliphatic carbocycles. The smallest absolute Gasteiger partial charge is 0.177 e. The van der Waals surface area contributed by atoms with Crippen LogP contribution in [0.15, 0.2) is 48.4 Å². The normalized spacial score (nSPS) is 11.0. The van der Waals surface area contributed by atoms with Gasteiger partial charge in [0.25, 0.3) is 0 Å². The van der Waals surface area contributed by atoms with E-state index in [1.54, 1.807) is 37.4 Å². The molecule has 0 saturated carbocycles. The fourth-order valence-corrected chi connectivity index (χ4v) is 0.854. The number of hydroxylamine groups is 2.